The maximum atomic E-state index is 9.68. The van der Waals surface area contributed by atoms with Gasteiger partial charge in [0.1, 0.15) is 5.60 Å². The first-order valence-corrected chi connectivity index (χ1v) is 6.61. The first-order valence-electron chi connectivity index (χ1n) is 6.61. The highest BCUT2D eigenvalue weighted by atomic mass is 16.3. The van der Waals surface area contributed by atoms with Crippen LogP contribution in [0.25, 0.3) is 5.57 Å². The average molecular weight is 264 g/mol. The topological polar surface area (TPSA) is 48.9 Å². The fraction of sp³-hybridized carbons (Fsp3) is 0.235. The van der Waals surface area contributed by atoms with E-state index in [1.165, 1.54) is 16.7 Å². The largest absolute Gasteiger partial charge is 0.378 e. The summed E-state index contributed by atoms with van der Waals surface area (Å²) in [6.07, 6.45) is 6.88. The highest BCUT2D eigenvalue weighted by Crippen LogP contribution is 2.32. The van der Waals surface area contributed by atoms with Crippen molar-refractivity contribution in [3.8, 4) is 11.8 Å². The number of benzene rings is 1. The molecule has 0 amide bonds. The number of hydrogen-bond donors (Lipinski definition) is 2. The lowest BCUT2D eigenvalue weighted by atomic mass is 9.99. The highest BCUT2D eigenvalue weighted by Gasteiger charge is 2.16. The standard InChI is InChI=1S/C17H16N2O/c1-17(2,20)8-7-12-3-4-13-5-6-15(16(13)9-12)14-10-18-19-11-14/h3-4,6,9-11,20H,5H2,1-2H3,(H,18,19). The number of rotatable bonds is 1. The molecule has 3 nitrogen and oxygen atoms in total. The van der Waals surface area contributed by atoms with Crippen LogP contribution in [0.15, 0.2) is 36.7 Å². The summed E-state index contributed by atoms with van der Waals surface area (Å²) in [4.78, 5) is 0. The molecule has 2 N–H and O–H groups in total. The third-order valence-corrected chi connectivity index (χ3v) is 3.25. The molecule has 3 heteroatoms. The van der Waals surface area contributed by atoms with Gasteiger partial charge in [-0.15, -0.1) is 0 Å². The predicted molar refractivity (Wildman–Crippen MR) is 79.0 cm³/mol. The van der Waals surface area contributed by atoms with Crippen molar-refractivity contribution in [1.82, 2.24) is 10.2 Å². The molecule has 0 saturated carbocycles. The van der Waals surface area contributed by atoms with Crippen molar-refractivity contribution < 1.29 is 5.11 Å². The van der Waals surface area contributed by atoms with Crippen LogP contribution in [0.3, 0.4) is 0 Å². The lowest BCUT2D eigenvalue weighted by Gasteiger charge is -2.07. The molecule has 1 aromatic carbocycles. The predicted octanol–water partition coefficient (Wildman–Crippen LogP) is 2.52. The van der Waals surface area contributed by atoms with E-state index < -0.39 is 5.60 Å². The minimum Gasteiger partial charge on any atom is -0.378 e. The number of aromatic amines is 1. The lowest BCUT2D eigenvalue weighted by molar-refractivity contribution is 0.143. The number of allylic oxidation sites excluding steroid dienone is 1. The lowest BCUT2D eigenvalue weighted by Crippen LogP contribution is -2.14. The molecule has 1 aromatic heterocycles. The molecule has 20 heavy (non-hydrogen) atoms. The van der Waals surface area contributed by atoms with E-state index in [2.05, 4.69) is 40.2 Å². The summed E-state index contributed by atoms with van der Waals surface area (Å²) in [6.45, 7) is 3.37. The molecule has 1 aliphatic carbocycles. The maximum Gasteiger partial charge on any atom is 0.120 e. The van der Waals surface area contributed by atoms with Crippen LogP contribution >= 0.6 is 0 Å². The number of aromatic nitrogens is 2. The van der Waals surface area contributed by atoms with E-state index in [1.807, 2.05) is 18.5 Å². The Kier molecular flexibility index (Phi) is 2.96. The van der Waals surface area contributed by atoms with Gasteiger partial charge in [-0.05, 0) is 49.1 Å². The number of hydrogen-bond acceptors (Lipinski definition) is 2. The van der Waals surface area contributed by atoms with Crippen molar-refractivity contribution in [3.63, 3.8) is 0 Å². The summed E-state index contributed by atoms with van der Waals surface area (Å²) in [7, 11) is 0. The monoisotopic (exact) mass is 264 g/mol. The van der Waals surface area contributed by atoms with Crippen LogP contribution < -0.4 is 0 Å². The van der Waals surface area contributed by atoms with Crippen LogP contribution in [0, 0.1) is 11.8 Å². The van der Waals surface area contributed by atoms with Crippen molar-refractivity contribution in [2.24, 2.45) is 0 Å². The van der Waals surface area contributed by atoms with Gasteiger partial charge in [0.2, 0.25) is 0 Å². The van der Waals surface area contributed by atoms with E-state index >= 15 is 0 Å². The summed E-state index contributed by atoms with van der Waals surface area (Å²) in [5.74, 6) is 5.88. The van der Waals surface area contributed by atoms with Gasteiger partial charge in [0.25, 0.3) is 0 Å². The van der Waals surface area contributed by atoms with Crippen molar-refractivity contribution in [2.75, 3.05) is 0 Å². The zero-order valence-electron chi connectivity index (χ0n) is 11.6. The van der Waals surface area contributed by atoms with Crippen LogP contribution in [-0.4, -0.2) is 20.9 Å². The number of nitrogens with one attached hydrogen (secondary N) is 1. The fourth-order valence-corrected chi connectivity index (χ4v) is 2.30. The normalized spacial score (nSPS) is 13.4. The molecule has 0 aliphatic heterocycles. The smallest absolute Gasteiger partial charge is 0.120 e. The van der Waals surface area contributed by atoms with E-state index in [1.54, 1.807) is 13.8 Å². The van der Waals surface area contributed by atoms with Crippen LogP contribution in [0.4, 0.5) is 0 Å². The molecule has 0 saturated heterocycles. The molecule has 100 valence electrons. The molecule has 0 spiro atoms. The maximum absolute atomic E-state index is 9.68. The third-order valence-electron chi connectivity index (χ3n) is 3.25. The summed E-state index contributed by atoms with van der Waals surface area (Å²) in [5, 5.41) is 16.5. The third kappa shape index (κ3) is 2.52. The van der Waals surface area contributed by atoms with Crippen LogP contribution in [-0.2, 0) is 6.42 Å². The Balaban J connectivity index is 1.99. The minimum atomic E-state index is -0.970. The van der Waals surface area contributed by atoms with Gasteiger partial charge in [-0.2, -0.15) is 5.10 Å². The Labute approximate surface area is 118 Å². The Morgan fingerprint density at radius 1 is 1.35 bits per heavy atom. The minimum absolute atomic E-state index is 0.919. The van der Waals surface area contributed by atoms with Gasteiger partial charge in [-0.25, -0.2) is 0 Å². The molecule has 2 aromatic rings. The number of aliphatic hydroxyl groups is 1. The molecular weight excluding hydrogens is 248 g/mol. The number of nitrogens with zero attached hydrogens (tertiary/aromatic N) is 1. The van der Waals surface area contributed by atoms with E-state index in [4.69, 9.17) is 0 Å². The molecule has 3 rings (SSSR count). The van der Waals surface area contributed by atoms with Gasteiger partial charge in [0, 0.05) is 17.3 Å². The van der Waals surface area contributed by atoms with E-state index in [0.717, 1.165) is 17.5 Å². The molecule has 0 atom stereocenters. The molecule has 1 aliphatic rings. The Morgan fingerprint density at radius 3 is 2.90 bits per heavy atom. The van der Waals surface area contributed by atoms with Gasteiger partial charge >= 0.3 is 0 Å². The molecule has 1 heterocycles. The van der Waals surface area contributed by atoms with Gasteiger partial charge < -0.3 is 5.11 Å². The van der Waals surface area contributed by atoms with Crippen LogP contribution in [0.1, 0.15) is 36.1 Å². The average Bonchev–Trinajstić information content (AvgIpc) is 3.03. The van der Waals surface area contributed by atoms with Crippen molar-refractivity contribution >= 4 is 5.57 Å². The second kappa shape index (κ2) is 4.66. The zero-order chi connectivity index (χ0) is 14.2. The Hall–Kier alpha value is -2.31. The molecular formula is C17H16N2O. The van der Waals surface area contributed by atoms with E-state index in [-0.39, 0.29) is 0 Å². The van der Waals surface area contributed by atoms with Crippen molar-refractivity contribution in [3.05, 3.63) is 58.9 Å². The second-order valence-electron chi connectivity index (χ2n) is 5.49. The SMILES string of the molecule is CC(C)(O)C#Cc1ccc2c(c1)C(c1cn[nH]c1)=CC2. The molecule has 0 radical (unpaired) electrons. The van der Waals surface area contributed by atoms with Gasteiger partial charge in [0.15, 0.2) is 0 Å². The second-order valence-corrected chi connectivity index (χ2v) is 5.49. The fourth-order valence-electron chi connectivity index (χ4n) is 2.30. The van der Waals surface area contributed by atoms with E-state index in [9.17, 15) is 5.11 Å². The summed E-state index contributed by atoms with van der Waals surface area (Å²) < 4.78 is 0. The summed E-state index contributed by atoms with van der Waals surface area (Å²) >= 11 is 0. The number of H-pyrrole nitrogens is 1. The van der Waals surface area contributed by atoms with Crippen molar-refractivity contribution in [2.45, 2.75) is 25.9 Å². The molecule has 0 bridgehead atoms. The van der Waals surface area contributed by atoms with Gasteiger partial charge in [0.05, 0.1) is 6.20 Å². The molecule has 0 fully saturated rings. The first-order chi connectivity index (χ1) is 9.53. The highest BCUT2D eigenvalue weighted by molar-refractivity contribution is 5.84. The molecule has 0 unspecified atom stereocenters. The van der Waals surface area contributed by atoms with Crippen LogP contribution in [0.2, 0.25) is 0 Å². The zero-order valence-corrected chi connectivity index (χ0v) is 11.6. The summed E-state index contributed by atoms with van der Waals surface area (Å²) in [5.41, 5.74) is 4.74. The quantitative estimate of drug-likeness (QED) is 0.778. The van der Waals surface area contributed by atoms with Crippen LogP contribution in [0.5, 0.6) is 0 Å². The van der Waals surface area contributed by atoms with Gasteiger partial charge in [-0.1, -0.05) is 24.0 Å². The van der Waals surface area contributed by atoms with Gasteiger partial charge in [-0.3, -0.25) is 5.10 Å². The first kappa shape index (κ1) is 12.7. The Morgan fingerprint density at radius 2 is 2.20 bits per heavy atom. The summed E-state index contributed by atoms with van der Waals surface area (Å²) in [6, 6.07) is 6.19. The van der Waals surface area contributed by atoms with Crippen molar-refractivity contribution in [1.29, 1.82) is 0 Å². The van der Waals surface area contributed by atoms with E-state index in [0.29, 0.717) is 0 Å². The number of fused-ring (bicyclic) bond motifs is 1. The Bertz CT molecular complexity index is 723.